The second kappa shape index (κ2) is 18.2. The molecule has 0 bridgehead atoms. The summed E-state index contributed by atoms with van der Waals surface area (Å²) in [5.41, 5.74) is 0. The van der Waals surface area contributed by atoms with E-state index in [4.69, 9.17) is 14.2 Å². The molecule has 3 aliphatic heterocycles. The lowest BCUT2D eigenvalue weighted by atomic mass is 10.0. The van der Waals surface area contributed by atoms with E-state index in [0.717, 1.165) is 25.6 Å². The SMILES string of the molecule is CCCCCCCCCCCCCCCC(=O)O[C@H]1[C@H](O)[C@H]([N+]2([C@@H]3O[C@H](CO)[C@@H](O)[C@H]3O)C=NC(=NC)NC2=O)O[C@@H]1CO. The van der Waals surface area contributed by atoms with E-state index in [1.54, 1.807) is 0 Å². The number of carbonyl (C=O) groups is 2. The van der Waals surface area contributed by atoms with Crippen molar-refractivity contribution in [1.82, 2.24) is 5.32 Å². The number of hydrogen-bond donors (Lipinski definition) is 6. The zero-order valence-electron chi connectivity index (χ0n) is 26.1. The first-order valence-corrected chi connectivity index (χ1v) is 16.2. The maximum absolute atomic E-state index is 13.5. The summed E-state index contributed by atoms with van der Waals surface area (Å²) >= 11 is 0. The molecule has 2 fully saturated rings. The molecular weight excluding hydrogens is 576 g/mol. The summed E-state index contributed by atoms with van der Waals surface area (Å²) in [6.07, 6.45) is 4.59. The van der Waals surface area contributed by atoms with Crippen LogP contribution in [0.5, 0.6) is 0 Å². The van der Waals surface area contributed by atoms with E-state index < -0.39 is 78.8 Å². The fraction of sp³-hybridized carbons (Fsp3) is 0.867. The van der Waals surface area contributed by atoms with Gasteiger partial charge in [-0.3, -0.25) is 9.79 Å². The average molecular weight is 630 g/mol. The third kappa shape index (κ3) is 8.81. The summed E-state index contributed by atoms with van der Waals surface area (Å²) in [6.45, 7) is 0.938. The fourth-order valence-electron chi connectivity index (χ4n) is 6.14. The zero-order valence-corrected chi connectivity index (χ0v) is 26.1. The Kier molecular flexibility index (Phi) is 15.1. The monoisotopic (exact) mass is 629 g/mol. The Hall–Kier alpha value is -2.04. The molecule has 0 aromatic heterocycles. The number of esters is 1. The smallest absolute Gasteiger partial charge is 0.433 e. The van der Waals surface area contributed by atoms with Crippen molar-refractivity contribution in [3.63, 3.8) is 0 Å². The molecule has 0 aromatic carbocycles. The van der Waals surface area contributed by atoms with Crippen LogP contribution < -0.4 is 5.32 Å². The van der Waals surface area contributed by atoms with Crippen molar-refractivity contribution in [2.45, 2.75) is 146 Å². The second-order valence-corrected chi connectivity index (χ2v) is 12.0. The van der Waals surface area contributed by atoms with Crippen LogP contribution in [0.4, 0.5) is 4.79 Å². The molecule has 3 heterocycles. The minimum absolute atomic E-state index is 0.0533. The van der Waals surface area contributed by atoms with Gasteiger partial charge in [0.05, 0.1) is 13.2 Å². The Morgan fingerprint density at radius 2 is 1.39 bits per heavy atom. The van der Waals surface area contributed by atoms with Crippen LogP contribution in [0.25, 0.3) is 0 Å². The number of aliphatic imine (C=N–C) groups is 2. The zero-order chi connectivity index (χ0) is 32.1. The van der Waals surface area contributed by atoms with Gasteiger partial charge in [0.25, 0.3) is 0 Å². The number of nitrogens with one attached hydrogen (secondary N) is 1. The molecule has 2 saturated heterocycles. The predicted molar refractivity (Wildman–Crippen MR) is 160 cm³/mol. The van der Waals surface area contributed by atoms with Crippen LogP contribution in [-0.4, -0.2) is 124 Å². The number of rotatable bonds is 19. The average Bonchev–Trinajstić information content (AvgIpc) is 3.50. The van der Waals surface area contributed by atoms with Gasteiger partial charge in [0.1, 0.15) is 18.3 Å². The van der Waals surface area contributed by atoms with Crippen LogP contribution in [0.15, 0.2) is 9.98 Å². The first kappa shape index (κ1) is 36.4. The van der Waals surface area contributed by atoms with Gasteiger partial charge >= 0.3 is 12.0 Å². The molecule has 0 aliphatic carbocycles. The second-order valence-electron chi connectivity index (χ2n) is 12.0. The Morgan fingerprint density at radius 3 is 1.89 bits per heavy atom. The van der Waals surface area contributed by atoms with Crippen molar-refractivity contribution < 1.29 is 53.8 Å². The number of amides is 2. The number of quaternary nitrogens is 1. The standard InChI is InChI=1S/C30H52N4O10/c1-3-4-5-6-7-8-9-10-11-12-13-14-15-16-22(37)44-26-21(18-36)43-28(25(26)40)34(19-32-29(31-2)33-30(34)41)27-24(39)23(38)20(17-35)42-27/h19-21,23-28,35-36,38-40H,3-18H2,1-2H3/p+1/t20-,21-,23-,24-,25+,26-,27-,28-,34?/m1/s1. The Morgan fingerprint density at radius 1 is 0.864 bits per heavy atom. The molecule has 0 radical (unpaired) electrons. The summed E-state index contributed by atoms with van der Waals surface area (Å²) in [5.74, 6) is -0.626. The highest BCUT2D eigenvalue weighted by atomic mass is 16.6. The molecule has 14 heteroatoms. The summed E-state index contributed by atoms with van der Waals surface area (Å²) in [6, 6.07) is -0.866. The molecule has 3 rings (SSSR count). The van der Waals surface area contributed by atoms with E-state index in [1.807, 2.05) is 0 Å². The van der Waals surface area contributed by atoms with Gasteiger partial charge in [-0.15, -0.1) is 4.48 Å². The minimum Gasteiger partial charge on any atom is -0.456 e. The molecule has 14 nitrogen and oxygen atoms in total. The first-order chi connectivity index (χ1) is 21.2. The third-order valence-corrected chi connectivity index (χ3v) is 8.75. The Bertz CT molecular complexity index is 968. The Balaban J connectivity index is 1.53. The van der Waals surface area contributed by atoms with Gasteiger partial charge in [0, 0.05) is 13.5 Å². The quantitative estimate of drug-likeness (QED) is 0.0690. The molecule has 0 aromatic rings. The number of guanidine groups is 1. The molecule has 1 unspecified atom stereocenters. The number of aliphatic hydroxyl groups is 5. The minimum atomic E-state index is -1.69. The van der Waals surface area contributed by atoms with Gasteiger partial charge < -0.3 is 39.7 Å². The van der Waals surface area contributed by atoms with Crippen molar-refractivity contribution in [2.24, 2.45) is 9.98 Å². The fourth-order valence-corrected chi connectivity index (χ4v) is 6.14. The number of nitrogens with zero attached hydrogens (tertiary/aromatic N) is 3. The summed E-state index contributed by atoms with van der Waals surface area (Å²) in [5, 5.41) is 54.6. The lowest BCUT2D eigenvalue weighted by Crippen LogP contribution is -2.74. The van der Waals surface area contributed by atoms with Gasteiger partial charge in [0.2, 0.25) is 24.8 Å². The van der Waals surface area contributed by atoms with E-state index in [9.17, 15) is 35.1 Å². The number of urea groups is 1. The molecule has 3 aliphatic rings. The number of hydrogen-bond acceptors (Lipinski definition) is 11. The van der Waals surface area contributed by atoms with Crippen molar-refractivity contribution in [2.75, 3.05) is 20.3 Å². The third-order valence-electron chi connectivity index (χ3n) is 8.75. The van der Waals surface area contributed by atoms with Crippen LogP contribution in [0, 0.1) is 0 Å². The van der Waals surface area contributed by atoms with Gasteiger partial charge in [0.15, 0.2) is 18.3 Å². The molecule has 0 saturated carbocycles. The number of aliphatic hydroxyl groups excluding tert-OH is 5. The van der Waals surface area contributed by atoms with E-state index in [2.05, 4.69) is 22.2 Å². The Labute approximate surface area is 259 Å². The molecule has 2 amide bonds. The van der Waals surface area contributed by atoms with Gasteiger partial charge in [-0.1, -0.05) is 84.0 Å². The number of unbranched alkanes of at least 4 members (excludes halogenated alkanes) is 12. The van der Waals surface area contributed by atoms with E-state index in [-0.39, 0.29) is 12.4 Å². The van der Waals surface area contributed by atoms with E-state index in [1.165, 1.54) is 64.8 Å². The van der Waals surface area contributed by atoms with E-state index in [0.29, 0.717) is 6.42 Å². The highest BCUT2D eigenvalue weighted by Gasteiger charge is 2.67. The molecule has 252 valence electrons. The lowest BCUT2D eigenvalue weighted by molar-refractivity contribution is -0.865. The van der Waals surface area contributed by atoms with Crippen LogP contribution in [0.1, 0.15) is 96.8 Å². The van der Waals surface area contributed by atoms with Crippen molar-refractivity contribution >= 4 is 24.3 Å². The van der Waals surface area contributed by atoms with Crippen LogP contribution in [0.3, 0.4) is 0 Å². The van der Waals surface area contributed by atoms with Crippen LogP contribution >= 0.6 is 0 Å². The topological polar surface area (TPSA) is 200 Å². The highest BCUT2D eigenvalue weighted by molar-refractivity contribution is 6.02. The van der Waals surface area contributed by atoms with Crippen molar-refractivity contribution in [1.29, 1.82) is 0 Å². The van der Waals surface area contributed by atoms with Gasteiger partial charge in [-0.25, -0.2) is 10.1 Å². The predicted octanol–water partition coefficient (Wildman–Crippen LogP) is 1.45. The maximum atomic E-state index is 13.5. The summed E-state index contributed by atoms with van der Waals surface area (Å²) in [4.78, 5) is 34.2. The van der Waals surface area contributed by atoms with Crippen LogP contribution in [-0.2, 0) is 19.0 Å². The van der Waals surface area contributed by atoms with Gasteiger partial charge in [-0.05, 0) is 6.42 Å². The molecule has 0 spiro atoms. The largest absolute Gasteiger partial charge is 0.456 e. The first-order valence-electron chi connectivity index (χ1n) is 16.2. The molecule has 44 heavy (non-hydrogen) atoms. The number of carbonyl (C=O) groups excluding carboxylic acids is 2. The summed E-state index contributed by atoms with van der Waals surface area (Å²) in [7, 11) is 1.40. The van der Waals surface area contributed by atoms with Gasteiger partial charge in [-0.2, -0.15) is 4.99 Å². The maximum Gasteiger partial charge on any atom is 0.433 e. The molecule has 9 atom stereocenters. The molecule has 6 N–H and O–H groups in total. The normalized spacial score (nSPS) is 34.5. The molecular formula is C30H53N4O10+. The number of ether oxygens (including phenoxy) is 3. The van der Waals surface area contributed by atoms with Crippen molar-refractivity contribution in [3.05, 3.63) is 0 Å². The highest BCUT2D eigenvalue weighted by Crippen LogP contribution is 2.38. The van der Waals surface area contributed by atoms with E-state index >= 15 is 0 Å². The van der Waals surface area contributed by atoms with Crippen LogP contribution in [0.2, 0.25) is 0 Å². The van der Waals surface area contributed by atoms with Crippen molar-refractivity contribution in [3.8, 4) is 0 Å². The lowest BCUT2D eigenvalue weighted by Gasteiger charge is -2.42. The summed E-state index contributed by atoms with van der Waals surface area (Å²) < 4.78 is 16.0.